The van der Waals surface area contributed by atoms with Crippen LogP contribution < -0.4 is 9.62 Å². The van der Waals surface area contributed by atoms with Gasteiger partial charge in [-0.2, -0.15) is 0 Å². The summed E-state index contributed by atoms with van der Waals surface area (Å²) >= 11 is 3.22. The van der Waals surface area contributed by atoms with E-state index in [1.165, 1.54) is 19.2 Å². The van der Waals surface area contributed by atoms with Crippen LogP contribution in [0.2, 0.25) is 0 Å². The van der Waals surface area contributed by atoms with Crippen molar-refractivity contribution in [2.24, 2.45) is 0 Å². The lowest BCUT2D eigenvalue weighted by molar-refractivity contribution is 0.0596. The van der Waals surface area contributed by atoms with Crippen LogP contribution in [-0.2, 0) is 14.8 Å². The van der Waals surface area contributed by atoms with E-state index in [2.05, 4.69) is 25.4 Å². The number of carbonyl (C=O) groups excluding carboxylic acids is 1. The molecule has 6 nitrogen and oxygen atoms in total. The number of sulfonamides is 1. The number of hydrogen-bond acceptors (Lipinski definition) is 5. The molecule has 0 spiro atoms. The molecular weight excluding hydrogens is 396 g/mol. The number of ether oxygens (including phenoxy) is 1. The van der Waals surface area contributed by atoms with Gasteiger partial charge >= 0.3 is 5.97 Å². The zero-order chi connectivity index (χ0) is 17.9. The van der Waals surface area contributed by atoms with Crippen molar-refractivity contribution in [2.75, 3.05) is 30.8 Å². The number of nitrogens with zero attached hydrogens (tertiary/aromatic N) is 1. The summed E-state index contributed by atoms with van der Waals surface area (Å²) < 4.78 is 33.0. The second kappa shape index (κ2) is 7.23. The maximum Gasteiger partial charge on any atom is 0.339 e. The molecule has 0 amide bonds. The lowest BCUT2D eigenvalue weighted by Crippen LogP contribution is -2.17. The normalized spacial score (nSPS) is 11.0. The average Bonchev–Trinajstić information content (AvgIpc) is 2.53. The van der Waals surface area contributed by atoms with Gasteiger partial charge in [0, 0.05) is 29.9 Å². The highest BCUT2D eigenvalue weighted by molar-refractivity contribution is 9.10. The number of benzene rings is 2. The van der Waals surface area contributed by atoms with Gasteiger partial charge in [0.05, 0.1) is 12.7 Å². The van der Waals surface area contributed by atoms with Gasteiger partial charge in [0.1, 0.15) is 4.90 Å². The molecule has 2 aromatic rings. The molecule has 0 saturated carbocycles. The molecule has 0 unspecified atom stereocenters. The molecule has 0 heterocycles. The zero-order valence-corrected chi connectivity index (χ0v) is 15.8. The van der Waals surface area contributed by atoms with E-state index in [0.717, 1.165) is 5.69 Å². The first-order valence-electron chi connectivity index (χ1n) is 6.92. The maximum atomic E-state index is 12.6. The molecule has 0 aliphatic heterocycles. The van der Waals surface area contributed by atoms with Crippen molar-refractivity contribution >= 4 is 43.3 Å². The Bertz CT molecular complexity index is 849. The minimum absolute atomic E-state index is 0.0377. The number of anilines is 2. The van der Waals surface area contributed by atoms with Crippen molar-refractivity contribution < 1.29 is 17.9 Å². The summed E-state index contributed by atoms with van der Waals surface area (Å²) in [6, 6.07) is 11.2. The Morgan fingerprint density at radius 2 is 1.75 bits per heavy atom. The van der Waals surface area contributed by atoms with Gasteiger partial charge in [0.25, 0.3) is 10.0 Å². The number of nitrogens with one attached hydrogen (secondary N) is 1. The summed E-state index contributed by atoms with van der Waals surface area (Å²) in [6.45, 7) is 0. The smallest absolute Gasteiger partial charge is 0.339 e. The molecule has 128 valence electrons. The van der Waals surface area contributed by atoms with Crippen LogP contribution in [0.5, 0.6) is 0 Å². The summed E-state index contributed by atoms with van der Waals surface area (Å²) in [5, 5.41) is 0. The van der Waals surface area contributed by atoms with E-state index in [1.54, 1.807) is 30.3 Å². The third kappa shape index (κ3) is 4.07. The third-order valence-electron chi connectivity index (χ3n) is 3.27. The number of methoxy groups -OCH3 is 1. The average molecular weight is 413 g/mol. The van der Waals surface area contributed by atoms with Gasteiger partial charge in [-0.05, 0) is 42.5 Å². The Kier molecular flexibility index (Phi) is 5.51. The Morgan fingerprint density at radius 1 is 1.12 bits per heavy atom. The van der Waals surface area contributed by atoms with Gasteiger partial charge in [-0.3, -0.25) is 4.72 Å². The van der Waals surface area contributed by atoms with E-state index in [4.69, 9.17) is 0 Å². The molecule has 0 aliphatic carbocycles. The maximum absolute atomic E-state index is 12.6. The first kappa shape index (κ1) is 18.3. The molecule has 8 heteroatoms. The van der Waals surface area contributed by atoms with Crippen LogP contribution in [0.3, 0.4) is 0 Å². The molecule has 0 saturated heterocycles. The van der Waals surface area contributed by atoms with Crippen LogP contribution in [0.4, 0.5) is 11.4 Å². The van der Waals surface area contributed by atoms with Crippen LogP contribution in [0.25, 0.3) is 0 Å². The number of hydrogen-bond donors (Lipinski definition) is 1. The highest BCUT2D eigenvalue weighted by atomic mass is 79.9. The van der Waals surface area contributed by atoms with Gasteiger partial charge in [-0.1, -0.05) is 15.9 Å². The predicted octanol–water partition coefficient (Wildman–Crippen LogP) is 3.10. The van der Waals surface area contributed by atoms with E-state index < -0.39 is 16.0 Å². The molecule has 0 aliphatic rings. The molecule has 0 radical (unpaired) electrons. The SMILES string of the molecule is COC(=O)c1cc(Br)ccc1S(=O)(=O)Nc1ccc(N(C)C)cc1. The van der Waals surface area contributed by atoms with Crippen molar-refractivity contribution in [3.8, 4) is 0 Å². The van der Waals surface area contributed by atoms with Crippen molar-refractivity contribution in [2.45, 2.75) is 4.90 Å². The van der Waals surface area contributed by atoms with Gasteiger partial charge < -0.3 is 9.64 Å². The monoisotopic (exact) mass is 412 g/mol. The summed E-state index contributed by atoms with van der Waals surface area (Å²) in [5.74, 6) is -0.723. The Hall–Kier alpha value is -2.06. The predicted molar refractivity (Wildman–Crippen MR) is 97.1 cm³/mol. The van der Waals surface area contributed by atoms with Crippen LogP contribution in [0.15, 0.2) is 51.8 Å². The summed E-state index contributed by atoms with van der Waals surface area (Å²) in [7, 11) is 1.05. The number of rotatable bonds is 5. The number of esters is 1. The minimum Gasteiger partial charge on any atom is -0.465 e. The first-order chi connectivity index (χ1) is 11.2. The molecule has 0 aromatic heterocycles. The number of halogens is 1. The Labute approximate surface area is 149 Å². The quantitative estimate of drug-likeness (QED) is 0.763. The van der Waals surface area contributed by atoms with Crippen molar-refractivity contribution in [1.82, 2.24) is 0 Å². The zero-order valence-electron chi connectivity index (χ0n) is 13.4. The fourth-order valence-corrected chi connectivity index (χ4v) is 3.64. The van der Waals surface area contributed by atoms with Crippen molar-refractivity contribution in [3.05, 3.63) is 52.5 Å². The van der Waals surface area contributed by atoms with Gasteiger partial charge in [0.15, 0.2) is 0 Å². The largest absolute Gasteiger partial charge is 0.465 e. The fourth-order valence-electron chi connectivity index (χ4n) is 2.04. The highest BCUT2D eigenvalue weighted by Crippen LogP contribution is 2.25. The summed E-state index contributed by atoms with van der Waals surface area (Å²) in [5.41, 5.74) is 1.31. The lowest BCUT2D eigenvalue weighted by atomic mass is 10.2. The molecule has 0 fully saturated rings. The van der Waals surface area contributed by atoms with Gasteiger partial charge in [-0.25, -0.2) is 13.2 Å². The van der Waals surface area contributed by atoms with E-state index in [1.807, 2.05) is 19.0 Å². The van der Waals surface area contributed by atoms with Crippen LogP contribution in [0.1, 0.15) is 10.4 Å². The van der Waals surface area contributed by atoms with E-state index >= 15 is 0 Å². The van der Waals surface area contributed by atoms with E-state index in [9.17, 15) is 13.2 Å². The summed E-state index contributed by atoms with van der Waals surface area (Å²) in [6.07, 6.45) is 0. The fraction of sp³-hybridized carbons (Fsp3) is 0.188. The number of carbonyl (C=O) groups is 1. The third-order valence-corrected chi connectivity index (χ3v) is 5.21. The molecule has 24 heavy (non-hydrogen) atoms. The van der Waals surface area contributed by atoms with Gasteiger partial charge in [-0.15, -0.1) is 0 Å². The lowest BCUT2D eigenvalue weighted by Gasteiger charge is -2.14. The molecular formula is C16H17BrN2O4S. The first-order valence-corrected chi connectivity index (χ1v) is 9.20. The van der Waals surface area contributed by atoms with Crippen molar-refractivity contribution in [1.29, 1.82) is 0 Å². The molecule has 2 aromatic carbocycles. The second-order valence-electron chi connectivity index (χ2n) is 5.18. The Balaban J connectivity index is 2.39. The molecule has 0 atom stereocenters. The molecule has 1 N–H and O–H groups in total. The van der Waals surface area contributed by atoms with Crippen LogP contribution in [-0.4, -0.2) is 35.6 Å². The molecule has 0 bridgehead atoms. The van der Waals surface area contributed by atoms with Crippen LogP contribution >= 0.6 is 15.9 Å². The van der Waals surface area contributed by atoms with E-state index in [-0.39, 0.29) is 10.5 Å². The van der Waals surface area contributed by atoms with Gasteiger partial charge in [0.2, 0.25) is 0 Å². The van der Waals surface area contributed by atoms with Crippen LogP contribution in [0, 0.1) is 0 Å². The standard InChI is InChI=1S/C16H17BrN2O4S/c1-19(2)13-7-5-12(6-8-13)18-24(21,22)15-9-4-11(17)10-14(15)16(20)23-3/h4-10,18H,1-3H3. The second-order valence-corrected chi connectivity index (χ2v) is 7.75. The summed E-state index contributed by atoms with van der Waals surface area (Å²) in [4.78, 5) is 13.6. The highest BCUT2D eigenvalue weighted by Gasteiger charge is 2.23. The minimum atomic E-state index is -3.93. The van der Waals surface area contributed by atoms with E-state index in [0.29, 0.717) is 10.2 Å². The molecule has 2 rings (SSSR count). The Morgan fingerprint density at radius 3 is 2.29 bits per heavy atom. The topological polar surface area (TPSA) is 75.7 Å². The van der Waals surface area contributed by atoms with Crippen molar-refractivity contribution in [3.63, 3.8) is 0 Å².